The first kappa shape index (κ1) is 22.8. The van der Waals surface area contributed by atoms with Crippen LogP contribution >= 0.6 is 15.9 Å². The van der Waals surface area contributed by atoms with Crippen molar-refractivity contribution in [2.24, 2.45) is 4.99 Å². The first-order valence-corrected chi connectivity index (χ1v) is 10.2. The molecule has 1 N–H and O–H groups in total. The molecule has 0 aliphatic rings. The number of nitrogens with one attached hydrogen (secondary N) is 1. The molecule has 9 heteroatoms. The van der Waals surface area contributed by atoms with Crippen LogP contribution in [0.1, 0.15) is 12.5 Å². The third kappa shape index (κ3) is 4.88. The molecule has 1 unspecified atom stereocenters. The topological polar surface area (TPSA) is 62.6 Å². The third-order valence-electron chi connectivity index (χ3n) is 4.47. The minimum absolute atomic E-state index is 0.0380. The maximum atomic E-state index is 15.0. The molecule has 162 valence electrons. The molecule has 1 heterocycles. The van der Waals surface area contributed by atoms with Gasteiger partial charge in [-0.2, -0.15) is 0 Å². The second kappa shape index (κ2) is 9.49. The van der Waals surface area contributed by atoms with E-state index in [1.807, 2.05) is 25.9 Å². The number of hydrogen-bond acceptors (Lipinski definition) is 6. The Bertz CT molecular complexity index is 1150. The van der Waals surface area contributed by atoms with Crippen molar-refractivity contribution in [3.05, 3.63) is 52.8 Å². The largest absolute Gasteiger partial charge is 0.488 e. The Morgan fingerprint density at radius 2 is 2.03 bits per heavy atom. The van der Waals surface area contributed by atoms with Gasteiger partial charge in [0.15, 0.2) is 11.6 Å². The molecule has 2 aromatic carbocycles. The molecule has 0 spiro atoms. The quantitative estimate of drug-likeness (QED) is 0.410. The Labute approximate surface area is 187 Å². The Morgan fingerprint density at radius 3 is 2.68 bits per heavy atom. The van der Waals surface area contributed by atoms with Crippen LogP contribution in [0.4, 0.5) is 26.0 Å². The van der Waals surface area contributed by atoms with Gasteiger partial charge in [0.1, 0.15) is 29.7 Å². The van der Waals surface area contributed by atoms with E-state index in [1.54, 1.807) is 12.1 Å². The second-order valence-electron chi connectivity index (χ2n) is 7.18. The lowest BCUT2D eigenvalue weighted by Gasteiger charge is -2.21. The zero-order valence-electron chi connectivity index (χ0n) is 17.4. The van der Waals surface area contributed by atoms with Gasteiger partial charge in [-0.1, -0.05) is 28.6 Å². The molecule has 31 heavy (non-hydrogen) atoms. The lowest BCUT2D eigenvalue weighted by molar-refractivity contribution is 0.179. The summed E-state index contributed by atoms with van der Waals surface area (Å²) in [4.78, 5) is 14.2. The van der Waals surface area contributed by atoms with E-state index in [4.69, 9.17) is 4.74 Å². The number of halogens is 3. The van der Waals surface area contributed by atoms with Crippen molar-refractivity contribution in [3.8, 4) is 5.75 Å². The number of aromatic nitrogens is 2. The standard InChI is InChI=1S/C22H22BrF2N5O/c1-6-14-16(26-3)9-15(24)21(20(14)25)29-22-19-17(27-11-28-22)7-13(23)8-18(19)31-12(2)10-30(4)5/h6-9,11-12H,1,3,10H2,2,4-5H3,(H,27,28,29). The number of likely N-dealkylation sites (N-methyl/N-ethyl adjacent to an activating group) is 1. The normalized spacial score (nSPS) is 12.1. The van der Waals surface area contributed by atoms with Gasteiger partial charge in [-0.3, -0.25) is 4.99 Å². The fourth-order valence-electron chi connectivity index (χ4n) is 3.26. The predicted molar refractivity (Wildman–Crippen MR) is 125 cm³/mol. The van der Waals surface area contributed by atoms with Crippen molar-refractivity contribution in [2.75, 3.05) is 26.0 Å². The zero-order chi connectivity index (χ0) is 22.7. The van der Waals surface area contributed by atoms with Crippen molar-refractivity contribution in [2.45, 2.75) is 13.0 Å². The van der Waals surface area contributed by atoms with Gasteiger partial charge in [-0.05, 0) is 39.9 Å². The van der Waals surface area contributed by atoms with E-state index in [1.165, 1.54) is 12.4 Å². The summed E-state index contributed by atoms with van der Waals surface area (Å²) in [5.41, 5.74) is 0.273. The van der Waals surface area contributed by atoms with E-state index in [2.05, 4.69) is 49.5 Å². The molecule has 1 atom stereocenters. The first-order valence-electron chi connectivity index (χ1n) is 9.39. The maximum Gasteiger partial charge on any atom is 0.159 e. The van der Waals surface area contributed by atoms with E-state index in [-0.39, 0.29) is 28.9 Å². The average molecular weight is 490 g/mol. The number of ether oxygens (including phenoxy) is 1. The maximum absolute atomic E-state index is 15.0. The van der Waals surface area contributed by atoms with Crippen LogP contribution in [0.15, 0.2) is 40.6 Å². The molecule has 0 aliphatic heterocycles. The molecular formula is C22H22BrF2N5O. The summed E-state index contributed by atoms with van der Waals surface area (Å²) >= 11 is 3.45. The minimum atomic E-state index is -0.843. The highest BCUT2D eigenvalue weighted by molar-refractivity contribution is 9.10. The summed E-state index contributed by atoms with van der Waals surface area (Å²) in [5.74, 6) is -0.991. The van der Waals surface area contributed by atoms with Crippen LogP contribution in [-0.4, -0.2) is 48.3 Å². The fourth-order valence-corrected chi connectivity index (χ4v) is 3.68. The molecule has 0 radical (unpaired) electrons. The summed E-state index contributed by atoms with van der Waals surface area (Å²) in [5, 5.41) is 3.27. The SMILES string of the molecule is C=Cc1c(N=C)cc(F)c(Nc2ncnc3cc(Br)cc(OC(C)CN(C)C)c23)c1F. The highest BCUT2D eigenvalue weighted by atomic mass is 79.9. The average Bonchev–Trinajstić information content (AvgIpc) is 2.69. The highest BCUT2D eigenvalue weighted by Gasteiger charge is 2.20. The summed E-state index contributed by atoms with van der Waals surface area (Å²) < 4.78 is 36.6. The molecule has 0 amide bonds. The van der Waals surface area contributed by atoms with Crippen molar-refractivity contribution in [3.63, 3.8) is 0 Å². The summed E-state index contributed by atoms with van der Waals surface area (Å²) in [6.07, 6.45) is 2.42. The van der Waals surface area contributed by atoms with Crippen molar-refractivity contribution in [1.82, 2.24) is 14.9 Å². The number of benzene rings is 2. The Kier molecular flexibility index (Phi) is 6.97. The first-order chi connectivity index (χ1) is 14.7. The van der Waals surface area contributed by atoms with Crippen LogP contribution in [0.5, 0.6) is 5.75 Å². The van der Waals surface area contributed by atoms with Gasteiger partial charge < -0.3 is 15.0 Å². The molecule has 0 fully saturated rings. The van der Waals surface area contributed by atoms with E-state index in [9.17, 15) is 4.39 Å². The Balaban J connectivity index is 2.14. The van der Waals surface area contributed by atoms with Gasteiger partial charge in [0.2, 0.25) is 0 Å². The van der Waals surface area contributed by atoms with E-state index < -0.39 is 11.6 Å². The Morgan fingerprint density at radius 1 is 1.29 bits per heavy atom. The lowest BCUT2D eigenvalue weighted by Crippen LogP contribution is -2.28. The number of hydrogen-bond donors (Lipinski definition) is 1. The molecule has 0 saturated heterocycles. The molecule has 3 rings (SSSR count). The smallest absolute Gasteiger partial charge is 0.159 e. The molecule has 0 bridgehead atoms. The number of anilines is 2. The summed E-state index contributed by atoms with van der Waals surface area (Å²) in [6.45, 7) is 9.53. The monoisotopic (exact) mass is 489 g/mol. The predicted octanol–water partition coefficient (Wildman–Crippen LogP) is 5.72. The van der Waals surface area contributed by atoms with Crippen LogP contribution in [0.25, 0.3) is 17.0 Å². The zero-order valence-corrected chi connectivity index (χ0v) is 19.0. The van der Waals surface area contributed by atoms with Crippen LogP contribution in [0, 0.1) is 11.6 Å². The fraction of sp³-hybridized carbons (Fsp3) is 0.227. The van der Waals surface area contributed by atoms with Crippen LogP contribution in [0.2, 0.25) is 0 Å². The Hall–Kier alpha value is -2.91. The molecule has 1 aromatic heterocycles. The van der Waals surface area contributed by atoms with Gasteiger partial charge >= 0.3 is 0 Å². The number of aliphatic imine (C=N–C) groups is 1. The van der Waals surface area contributed by atoms with Crippen LogP contribution in [-0.2, 0) is 0 Å². The van der Waals surface area contributed by atoms with E-state index in [0.717, 1.165) is 10.5 Å². The van der Waals surface area contributed by atoms with Gasteiger partial charge in [0, 0.05) is 22.6 Å². The number of rotatable bonds is 8. The van der Waals surface area contributed by atoms with Gasteiger partial charge in [-0.15, -0.1) is 0 Å². The van der Waals surface area contributed by atoms with Crippen LogP contribution < -0.4 is 10.1 Å². The molecule has 3 aromatic rings. The second-order valence-corrected chi connectivity index (χ2v) is 8.09. The van der Waals surface area contributed by atoms with E-state index in [0.29, 0.717) is 23.2 Å². The molecular weight excluding hydrogens is 468 g/mol. The minimum Gasteiger partial charge on any atom is -0.488 e. The third-order valence-corrected chi connectivity index (χ3v) is 4.93. The molecule has 0 aliphatic carbocycles. The molecule has 0 saturated carbocycles. The lowest BCUT2D eigenvalue weighted by atomic mass is 10.1. The van der Waals surface area contributed by atoms with Crippen molar-refractivity contribution in [1.29, 1.82) is 0 Å². The highest BCUT2D eigenvalue weighted by Crippen LogP contribution is 2.38. The van der Waals surface area contributed by atoms with E-state index >= 15 is 4.39 Å². The van der Waals surface area contributed by atoms with Crippen molar-refractivity contribution >= 4 is 56.8 Å². The number of fused-ring (bicyclic) bond motifs is 1. The van der Waals surface area contributed by atoms with Crippen molar-refractivity contribution < 1.29 is 13.5 Å². The number of nitrogens with zero attached hydrogens (tertiary/aromatic N) is 4. The van der Waals surface area contributed by atoms with Gasteiger partial charge in [-0.25, -0.2) is 18.7 Å². The van der Waals surface area contributed by atoms with Gasteiger partial charge in [0.05, 0.1) is 16.6 Å². The van der Waals surface area contributed by atoms with Gasteiger partial charge in [0.25, 0.3) is 0 Å². The summed E-state index contributed by atoms with van der Waals surface area (Å²) in [7, 11) is 3.89. The summed E-state index contributed by atoms with van der Waals surface area (Å²) in [6, 6.07) is 4.64. The molecule has 6 nitrogen and oxygen atoms in total. The van der Waals surface area contributed by atoms with Crippen LogP contribution in [0.3, 0.4) is 0 Å².